The van der Waals surface area contributed by atoms with Crippen molar-refractivity contribution in [1.82, 2.24) is 9.80 Å². The SMILES string of the molecule is COc1ccc(C(=O)N2CCN([C@@H](C(=O)Nc3ccc(Cl)cc3)C3CCCC3)CC2)cc1. The highest BCUT2D eigenvalue weighted by Gasteiger charge is 2.37. The number of nitrogens with one attached hydrogen (secondary N) is 1. The second-order valence-electron chi connectivity index (χ2n) is 8.54. The van der Waals surface area contributed by atoms with Gasteiger partial charge in [0.2, 0.25) is 5.91 Å². The number of anilines is 1. The van der Waals surface area contributed by atoms with Crippen LogP contribution in [-0.4, -0.2) is 60.9 Å². The fraction of sp³-hybridized carbons (Fsp3) is 0.440. The fourth-order valence-corrected chi connectivity index (χ4v) is 4.95. The van der Waals surface area contributed by atoms with Crippen LogP contribution in [0.2, 0.25) is 5.02 Å². The molecule has 1 heterocycles. The Kier molecular flexibility index (Phi) is 7.33. The maximum atomic E-state index is 13.3. The van der Waals surface area contributed by atoms with E-state index >= 15 is 0 Å². The molecule has 2 aromatic rings. The molecule has 2 amide bonds. The molecule has 1 N–H and O–H groups in total. The second kappa shape index (κ2) is 10.4. The van der Waals surface area contributed by atoms with E-state index in [2.05, 4.69) is 10.2 Å². The Bertz CT molecular complexity index is 918. The number of amides is 2. The van der Waals surface area contributed by atoms with Gasteiger partial charge >= 0.3 is 0 Å². The van der Waals surface area contributed by atoms with Gasteiger partial charge in [-0.25, -0.2) is 0 Å². The van der Waals surface area contributed by atoms with Gasteiger partial charge in [0, 0.05) is 42.5 Å². The molecule has 1 atom stereocenters. The molecule has 2 aliphatic rings. The van der Waals surface area contributed by atoms with Crippen molar-refractivity contribution in [3.8, 4) is 5.75 Å². The third kappa shape index (κ3) is 5.25. The van der Waals surface area contributed by atoms with Crippen LogP contribution in [0.5, 0.6) is 5.75 Å². The summed E-state index contributed by atoms with van der Waals surface area (Å²) in [5.74, 6) is 1.15. The van der Waals surface area contributed by atoms with E-state index in [-0.39, 0.29) is 17.9 Å². The standard InChI is InChI=1S/C25H30ClN3O3/c1-32-22-12-6-19(7-13-22)25(31)29-16-14-28(15-17-29)23(18-4-2-3-5-18)24(30)27-21-10-8-20(26)9-11-21/h6-13,18,23H,2-5,14-17H2,1H3,(H,27,30)/t23-/m1/s1. The lowest BCUT2D eigenvalue weighted by atomic mass is 9.94. The minimum Gasteiger partial charge on any atom is -0.497 e. The molecule has 0 radical (unpaired) electrons. The van der Waals surface area contributed by atoms with Gasteiger partial charge < -0.3 is 15.0 Å². The lowest BCUT2D eigenvalue weighted by molar-refractivity contribution is -0.123. The molecule has 7 heteroatoms. The number of hydrogen-bond acceptors (Lipinski definition) is 4. The number of methoxy groups -OCH3 is 1. The van der Waals surface area contributed by atoms with E-state index < -0.39 is 0 Å². The van der Waals surface area contributed by atoms with Crippen LogP contribution in [0, 0.1) is 5.92 Å². The van der Waals surface area contributed by atoms with Crippen LogP contribution in [-0.2, 0) is 4.79 Å². The maximum absolute atomic E-state index is 13.3. The third-order valence-electron chi connectivity index (χ3n) is 6.56. The smallest absolute Gasteiger partial charge is 0.253 e. The first-order chi connectivity index (χ1) is 15.5. The van der Waals surface area contributed by atoms with Gasteiger partial charge in [0.05, 0.1) is 13.2 Å². The average Bonchev–Trinajstić information content (AvgIpc) is 3.35. The van der Waals surface area contributed by atoms with Crippen molar-refractivity contribution < 1.29 is 14.3 Å². The van der Waals surface area contributed by atoms with Gasteiger partial charge in [0.25, 0.3) is 5.91 Å². The zero-order chi connectivity index (χ0) is 22.5. The van der Waals surface area contributed by atoms with Gasteiger partial charge in [-0.3, -0.25) is 14.5 Å². The highest BCUT2D eigenvalue weighted by atomic mass is 35.5. The van der Waals surface area contributed by atoms with Gasteiger partial charge in [-0.15, -0.1) is 0 Å². The molecule has 1 saturated heterocycles. The minimum atomic E-state index is -0.175. The van der Waals surface area contributed by atoms with E-state index in [1.165, 1.54) is 12.8 Å². The summed E-state index contributed by atoms with van der Waals surface area (Å²) in [6.07, 6.45) is 4.49. The number of rotatable bonds is 6. The molecule has 0 aromatic heterocycles. The first kappa shape index (κ1) is 22.6. The molecular formula is C25H30ClN3O3. The summed E-state index contributed by atoms with van der Waals surface area (Å²) in [6, 6.07) is 14.3. The highest BCUT2D eigenvalue weighted by Crippen LogP contribution is 2.32. The Balaban J connectivity index is 1.41. The molecule has 0 bridgehead atoms. The van der Waals surface area contributed by atoms with Gasteiger partial charge in [-0.1, -0.05) is 24.4 Å². The molecule has 32 heavy (non-hydrogen) atoms. The Hall–Kier alpha value is -2.57. The molecule has 2 fully saturated rings. The van der Waals surface area contributed by atoms with Crippen LogP contribution >= 0.6 is 11.6 Å². The van der Waals surface area contributed by atoms with Crippen LogP contribution in [0.3, 0.4) is 0 Å². The number of halogens is 1. The van der Waals surface area contributed by atoms with Gasteiger partial charge in [-0.05, 0) is 67.3 Å². The zero-order valence-electron chi connectivity index (χ0n) is 18.4. The largest absolute Gasteiger partial charge is 0.497 e. The summed E-state index contributed by atoms with van der Waals surface area (Å²) in [5, 5.41) is 3.73. The Morgan fingerprint density at radius 3 is 2.19 bits per heavy atom. The van der Waals surface area contributed by atoms with Crippen molar-refractivity contribution in [2.45, 2.75) is 31.7 Å². The number of benzene rings is 2. The molecule has 1 aliphatic heterocycles. The maximum Gasteiger partial charge on any atom is 0.253 e. The van der Waals surface area contributed by atoms with Crippen molar-refractivity contribution in [3.05, 3.63) is 59.1 Å². The monoisotopic (exact) mass is 455 g/mol. The minimum absolute atomic E-state index is 0.0235. The topological polar surface area (TPSA) is 61.9 Å². The van der Waals surface area contributed by atoms with E-state index in [0.29, 0.717) is 42.7 Å². The summed E-state index contributed by atoms with van der Waals surface area (Å²) in [6.45, 7) is 2.61. The summed E-state index contributed by atoms with van der Waals surface area (Å²) >= 11 is 5.98. The number of nitrogens with zero attached hydrogens (tertiary/aromatic N) is 2. The predicted octanol–water partition coefficient (Wildman–Crippen LogP) is 4.30. The van der Waals surface area contributed by atoms with Crippen molar-refractivity contribution in [3.63, 3.8) is 0 Å². The average molecular weight is 456 g/mol. The van der Waals surface area contributed by atoms with E-state index in [0.717, 1.165) is 24.3 Å². The van der Waals surface area contributed by atoms with E-state index in [1.807, 2.05) is 17.0 Å². The quantitative estimate of drug-likeness (QED) is 0.705. The Labute approximate surface area is 194 Å². The molecule has 4 rings (SSSR count). The molecule has 0 unspecified atom stereocenters. The van der Waals surface area contributed by atoms with Crippen molar-refractivity contribution in [1.29, 1.82) is 0 Å². The number of piperazine rings is 1. The number of carbonyl (C=O) groups is 2. The van der Waals surface area contributed by atoms with E-state index in [4.69, 9.17) is 16.3 Å². The molecule has 1 saturated carbocycles. The van der Waals surface area contributed by atoms with Crippen LogP contribution < -0.4 is 10.1 Å². The Morgan fingerprint density at radius 2 is 1.59 bits per heavy atom. The zero-order valence-corrected chi connectivity index (χ0v) is 19.2. The third-order valence-corrected chi connectivity index (χ3v) is 6.81. The van der Waals surface area contributed by atoms with Gasteiger partial charge in [0.15, 0.2) is 0 Å². The van der Waals surface area contributed by atoms with Crippen molar-refractivity contribution in [2.24, 2.45) is 5.92 Å². The molecule has 1 aliphatic carbocycles. The second-order valence-corrected chi connectivity index (χ2v) is 8.98. The summed E-state index contributed by atoms with van der Waals surface area (Å²) < 4.78 is 5.18. The first-order valence-corrected chi connectivity index (χ1v) is 11.7. The first-order valence-electron chi connectivity index (χ1n) is 11.3. The molecule has 170 valence electrons. The highest BCUT2D eigenvalue weighted by molar-refractivity contribution is 6.30. The molecule has 6 nitrogen and oxygen atoms in total. The van der Waals surface area contributed by atoms with Crippen LogP contribution in [0.25, 0.3) is 0 Å². The van der Waals surface area contributed by atoms with Gasteiger partial charge in [0.1, 0.15) is 5.75 Å². The number of carbonyl (C=O) groups excluding carboxylic acids is 2. The fourth-order valence-electron chi connectivity index (χ4n) is 4.82. The molecule has 0 spiro atoms. The normalized spacial score (nSPS) is 18.4. The van der Waals surface area contributed by atoms with Crippen LogP contribution in [0.4, 0.5) is 5.69 Å². The number of ether oxygens (including phenoxy) is 1. The lowest BCUT2D eigenvalue weighted by Gasteiger charge is -2.40. The summed E-state index contributed by atoms with van der Waals surface area (Å²) in [4.78, 5) is 30.4. The van der Waals surface area contributed by atoms with Gasteiger partial charge in [-0.2, -0.15) is 0 Å². The van der Waals surface area contributed by atoms with E-state index in [9.17, 15) is 9.59 Å². The summed E-state index contributed by atoms with van der Waals surface area (Å²) in [5.41, 5.74) is 1.42. The molecule has 2 aromatic carbocycles. The predicted molar refractivity (Wildman–Crippen MR) is 126 cm³/mol. The van der Waals surface area contributed by atoms with E-state index in [1.54, 1.807) is 43.5 Å². The van der Waals surface area contributed by atoms with Crippen LogP contribution in [0.1, 0.15) is 36.0 Å². The molecular weight excluding hydrogens is 426 g/mol. The summed E-state index contributed by atoms with van der Waals surface area (Å²) in [7, 11) is 1.61. The Morgan fingerprint density at radius 1 is 0.969 bits per heavy atom. The lowest BCUT2D eigenvalue weighted by Crippen LogP contribution is -2.56. The number of hydrogen-bond donors (Lipinski definition) is 1. The van der Waals surface area contributed by atoms with Crippen molar-refractivity contribution in [2.75, 3.05) is 38.6 Å². The van der Waals surface area contributed by atoms with Crippen LogP contribution in [0.15, 0.2) is 48.5 Å². The van der Waals surface area contributed by atoms with Crippen molar-refractivity contribution >= 4 is 29.1 Å².